The number of aliphatic hydroxyl groups excluding tert-OH is 1. The summed E-state index contributed by atoms with van der Waals surface area (Å²) in [7, 11) is 0. The van der Waals surface area contributed by atoms with E-state index < -0.39 is 0 Å². The lowest BCUT2D eigenvalue weighted by Gasteiger charge is -2.42. The third-order valence-electron chi connectivity index (χ3n) is 3.81. The third kappa shape index (κ3) is 2.77. The lowest BCUT2D eigenvalue weighted by atomic mass is 9.67. The van der Waals surface area contributed by atoms with Crippen molar-refractivity contribution in [2.75, 3.05) is 18.5 Å². The van der Waals surface area contributed by atoms with Crippen molar-refractivity contribution in [3.05, 3.63) is 28.8 Å². The summed E-state index contributed by atoms with van der Waals surface area (Å²) in [5, 5.41) is 21.7. The molecule has 0 bridgehead atoms. The quantitative estimate of drug-likeness (QED) is 0.859. The molecule has 1 aromatic rings. The maximum Gasteiger partial charge on any atom is 0.101 e. The molecule has 4 heteroatoms. The van der Waals surface area contributed by atoms with Crippen LogP contribution < -0.4 is 5.32 Å². The average molecular weight is 265 g/mol. The Morgan fingerprint density at radius 2 is 2.22 bits per heavy atom. The molecule has 1 aromatic carbocycles. The Morgan fingerprint density at radius 1 is 1.44 bits per heavy atom. The summed E-state index contributed by atoms with van der Waals surface area (Å²) in [5.74, 6) is 0. The minimum absolute atomic E-state index is 0.245. The molecule has 2 rings (SSSR count). The standard InChI is InChI=1S/C14H17ClN2O/c15-13-8-12(3-2-11(13)9-16)17-10-14(6-7-18)4-1-5-14/h2-3,8,17-18H,1,4-7,10H2. The van der Waals surface area contributed by atoms with Gasteiger partial charge in [-0.25, -0.2) is 0 Å². The first-order valence-corrected chi connectivity index (χ1v) is 6.61. The molecule has 0 amide bonds. The molecule has 0 heterocycles. The molecule has 1 aliphatic carbocycles. The van der Waals surface area contributed by atoms with Gasteiger partial charge in [0.1, 0.15) is 6.07 Å². The van der Waals surface area contributed by atoms with Crippen molar-refractivity contribution in [3.63, 3.8) is 0 Å². The summed E-state index contributed by atoms with van der Waals surface area (Å²) < 4.78 is 0. The molecule has 96 valence electrons. The maximum absolute atomic E-state index is 9.09. The van der Waals surface area contributed by atoms with Gasteiger partial charge in [-0.3, -0.25) is 0 Å². The normalized spacial score (nSPS) is 16.7. The van der Waals surface area contributed by atoms with E-state index in [1.54, 1.807) is 12.1 Å². The molecule has 0 aromatic heterocycles. The van der Waals surface area contributed by atoms with Crippen molar-refractivity contribution in [1.82, 2.24) is 0 Å². The van der Waals surface area contributed by atoms with Crippen molar-refractivity contribution in [2.45, 2.75) is 25.7 Å². The first-order valence-electron chi connectivity index (χ1n) is 6.23. The molecule has 1 saturated carbocycles. The zero-order chi connectivity index (χ0) is 13.0. The topological polar surface area (TPSA) is 56.0 Å². The molecule has 1 aliphatic rings. The van der Waals surface area contributed by atoms with Gasteiger partial charge >= 0.3 is 0 Å². The van der Waals surface area contributed by atoms with Gasteiger partial charge in [-0.1, -0.05) is 18.0 Å². The van der Waals surface area contributed by atoms with Crippen molar-refractivity contribution in [1.29, 1.82) is 5.26 Å². The number of anilines is 1. The van der Waals surface area contributed by atoms with Gasteiger partial charge in [0.15, 0.2) is 0 Å². The number of nitriles is 1. The predicted molar refractivity (Wildman–Crippen MR) is 72.6 cm³/mol. The highest BCUT2D eigenvalue weighted by Gasteiger charge is 2.35. The molecule has 0 unspecified atom stereocenters. The molecule has 0 saturated heterocycles. The van der Waals surface area contributed by atoms with Crippen molar-refractivity contribution in [3.8, 4) is 6.07 Å². The second-order valence-corrected chi connectivity index (χ2v) is 5.39. The summed E-state index contributed by atoms with van der Waals surface area (Å²) in [4.78, 5) is 0. The fraction of sp³-hybridized carbons (Fsp3) is 0.500. The van der Waals surface area contributed by atoms with E-state index in [2.05, 4.69) is 5.32 Å². The van der Waals surface area contributed by atoms with Crippen molar-refractivity contribution in [2.24, 2.45) is 5.41 Å². The molecule has 2 N–H and O–H groups in total. The number of nitrogens with one attached hydrogen (secondary N) is 1. The van der Waals surface area contributed by atoms with Crippen LogP contribution in [0.5, 0.6) is 0 Å². The lowest BCUT2D eigenvalue weighted by molar-refractivity contribution is 0.102. The second kappa shape index (κ2) is 5.60. The molecular formula is C14H17ClN2O. The smallest absolute Gasteiger partial charge is 0.101 e. The number of nitrogens with zero attached hydrogens (tertiary/aromatic N) is 1. The molecular weight excluding hydrogens is 248 g/mol. The zero-order valence-electron chi connectivity index (χ0n) is 10.2. The molecule has 0 spiro atoms. The summed E-state index contributed by atoms with van der Waals surface area (Å²) in [6, 6.07) is 7.42. The fourth-order valence-corrected chi connectivity index (χ4v) is 2.66. The van der Waals surface area contributed by atoms with Crippen LogP contribution in [0.4, 0.5) is 5.69 Å². The van der Waals surface area contributed by atoms with E-state index in [9.17, 15) is 0 Å². The first-order chi connectivity index (χ1) is 8.69. The van der Waals surface area contributed by atoms with Gasteiger partial charge in [0, 0.05) is 18.8 Å². The number of hydrogen-bond donors (Lipinski definition) is 2. The molecule has 3 nitrogen and oxygen atoms in total. The summed E-state index contributed by atoms with van der Waals surface area (Å²) >= 11 is 5.99. The summed E-state index contributed by atoms with van der Waals surface area (Å²) in [6.07, 6.45) is 4.44. The van der Waals surface area contributed by atoms with Crippen LogP contribution in [0.2, 0.25) is 5.02 Å². The van der Waals surface area contributed by atoms with E-state index >= 15 is 0 Å². The largest absolute Gasteiger partial charge is 0.396 e. The van der Waals surface area contributed by atoms with E-state index in [-0.39, 0.29) is 12.0 Å². The van der Waals surface area contributed by atoms with Gasteiger partial charge in [-0.05, 0) is 42.9 Å². The van der Waals surface area contributed by atoms with Crippen LogP contribution in [0.25, 0.3) is 0 Å². The monoisotopic (exact) mass is 264 g/mol. The summed E-state index contributed by atoms with van der Waals surface area (Å²) in [5.41, 5.74) is 1.67. The van der Waals surface area contributed by atoms with Crippen LogP contribution in [-0.2, 0) is 0 Å². The highest BCUT2D eigenvalue weighted by molar-refractivity contribution is 6.32. The van der Waals surface area contributed by atoms with E-state index in [1.165, 1.54) is 19.3 Å². The Hall–Kier alpha value is -1.24. The Kier molecular flexibility index (Phi) is 4.11. The Bertz CT molecular complexity index is 463. The molecule has 0 atom stereocenters. The highest BCUT2D eigenvalue weighted by atomic mass is 35.5. The lowest BCUT2D eigenvalue weighted by Crippen LogP contribution is -2.37. The third-order valence-corrected chi connectivity index (χ3v) is 4.13. The molecule has 1 fully saturated rings. The maximum atomic E-state index is 9.09. The number of benzene rings is 1. The first kappa shape index (κ1) is 13.2. The number of aliphatic hydroxyl groups is 1. The van der Waals surface area contributed by atoms with Gasteiger partial charge in [0.25, 0.3) is 0 Å². The Morgan fingerprint density at radius 3 is 2.72 bits per heavy atom. The van der Waals surface area contributed by atoms with Crippen molar-refractivity contribution >= 4 is 17.3 Å². The number of rotatable bonds is 5. The van der Waals surface area contributed by atoms with Gasteiger partial charge < -0.3 is 10.4 Å². The van der Waals surface area contributed by atoms with E-state index in [1.807, 2.05) is 12.1 Å². The van der Waals surface area contributed by atoms with Crippen LogP contribution in [0.1, 0.15) is 31.2 Å². The van der Waals surface area contributed by atoms with E-state index in [4.69, 9.17) is 22.0 Å². The van der Waals surface area contributed by atoms with Gasteiger partial charge in [-0.2, -0.15) is 5.26 Å². The summed E-state index contributed by atoms with van der Waals surface area (Å²) in [6.45, 7) is 1.10. The minimum Gasteiger partial charge on any atom is -0.396 e. The fourth-order valence-electron chi connectivity index (χ4n) is 2.43. The van der Waals surface area contributed by atoms with Crippen LogP contribution in [0.15, 0.2) is 18.2 Å². The average Bonchev–Trinajstić information content (AvgIpc) is 2.32. The zero-order valence-corrected chi connectivity index (χ0v) is 11.0. The highest BCUT2D eigenvalue weighted by Crippen LogP contribution is 2.43. The van der Waals surface area contributed by atoms with E-state index in [0.717, 1.165) is 18.7 Å². The molecule has 18 heavy (non-hydrogen) atoms. The predicted octanol–water partition coefficient (Wildman–Crippen LogP) is 3.18. The van der Waals surface area contributed by atoms with Crippen LogP contribution in [-0.4, -0.2) is 18.3 Å². The van der Waals surface area contributed by atoms with Gasteiger partial charge in [0.05, 0.1) is 10.6 Å². The van der Waals surface area contributed by atoms with Crippen LogP contribution in [0.3, 0.4) is 0 Å². The van der Waals surface area contributed by atoms with Crippen molar-refractivity contribution < 1.29 is 5.11 Å². The number of halogens is 1. The Labute approximate surface area is 112 Å². The van der Waals surface area contributed by atoms with E-state index in [0.29, 0.717) is 10.6 Å². The van der Waals surface area contributed by atoms with Gasteiger partial charge in [-0.15, -0.1) is 0 Å². The Balaban J connectivity index is 1.98. The van der Waals surface area contributed by atoms with Crippen LogP contribution >= 0.6 is 11.6 Å². The molecule has 0 aliphatic heterocycles. The van der Waals surface area contributed by atoms with Crippen LogP contribution in [0, 0.1) is 16.7 Å². The SMILES string of the molecule is N#Cc1ccc(NCC2(CCO)CCC2)cc1Cl. The second-order valence-electron chi connectivity index (χ2n) is 4.99. The van der Waals surface area contributed by atoms with Gasteiger partial charge in [0.2, 0.25) is 0 Å². The molecule has 0 radical (unpaired) electrons. The number of hydrogen-bond acceptors (Lipinski definition) is 3. The minimum atomic E-state index is 0.245.